The molecule has 0 saturated carbocycles. The second kappa shape index (κ2) is 4.93. The van der Waals surface area contributed by atoms with Gasteiger partial charge in [0.25, 0.3) is 0 Å². The van der Waals surface area contributed by atoms with Gasteiger partial charge in [-0.2, -0.15) is 0 Å². The van der Waals surface area contributed by atoms with Gasteiger partial charge < -0.3 is 20.1 Å². The Bertz CT molecular complexity index is 419. The first-order valence-corrected chi connectivity index (χ1v) is 6.22. The summed E-state index contributed by atoms with van der Waals surface area (Å²) in [5.41, 5.74) is 6.29. The summed E-state index contributed by atoms with van der Waals surface area (Å²) in [5, 5.41) is 1.00. The smallest absolute Gasteiger partial charge is 0.350 e. The molecular weight excluding hydrogens is 240 g/mol. The zero-order valence-corrected chi connectivity index (χ0v) is 10.8. The summed E-state index contributed by atoms with van der Waals surface area (Å²) in [6, 6.07) is 1.83. The topological polar surface area (TPSA) is 64.8 Å². The number of hydrogen-bond donors (Lipinski definition) is 1. The Hall–Kier alpha value is -1.27. The Labute approximate surface area is 104 Å². The number of esters is 1. The number of nitrogens with zero attached hydrogens (tertiary/aromatic N) is 1. The Morgan fingerprint density at radius 2 is 2.35 bits per heavy atom. The van der Waals surface area contributed by atoms with E-state index in [2.05, 4.69) is 9.64 Å². The maximum absolute atomic E-state index is 11.4. The standard InChI is InChI=1S/C11H16N2O3S/c1-15-7-3-4-13(6-7)9-5-8(12)10(17-9)11(14)16-2/h5,7H,3-4,6,12H2,1-2H3. The molecule has 1 saturated heterocycles. The zero-order valence-electron chi connectivity index (χ0n) is 9.93. The van der Waals surface area contributed by atoms with Gasteiger partial charge >= 0.3 is 5.97 Å². The molecule has 94 valence electrons. The molecule has 0 aromatic carbocycles. The van der Waals surface area contributed by atoms with Crippen molar-refractivity contribution in [3.05, 3.63) is 10.9 Å². The average molecular weight is 256 g/mol. The van der Waals surface area contributed by atoms with Gasteiger partial charge in [0, 0.05) is 20.2 Å². The van der Waals surface area contributed by atoms with Gasteiger partial charge in [-0.15, -0.1) is 11.3 Å². The van der Waals surface area contributed by atoms with Crippen LogP contribution in [0.5, 0.6) is 0 Å². The van der Waals surface area contributed by atoms with Crippen LogP contribution < -0.4 is 10.6 Å². The lowest BCUT2D eigenvalue weighted by Crippen LogP contribution is -2.21. The van der Waals surface area contributed by atoms with Crippen molar-refractivity contribution >= 4 is 28.0 Å². The van der Waals surface area contributed by atoms with E-state index in [0.717, 1.165) is 24.5 Å². The van der Waals surface area contributed by atoms with E-state index in [1.165, 1.54) is 18.4 Å². The van der Waals surface area contributed by atoms with Gasteiger partial charge in [-0.1, -0.05) is 0 Å². The van der Waals surface area contributed by atoms with Crippen molar-refractivity contribution in [1.82, 2.24) is 0 Å². The van der Waals surface area contributed by atoms with Crippen LogP contribution >= 0.6 is 11.3 Å². The summed E-state index contributed by atoms with van der Waals surface area (Å²) in [6.07, 6.45) is 1.27. The molecule has 2 N–H and O–H groups in total. The molecule has 2 heterocycles. The number of ether oxygens (including phenoxy) is 2. The summed E-state index contributed by atoms with van der Waals surface area (Å²) < 4.78 is 9.99. The van der Waals surface area contributed by atoms with Crippen molar-refractivity contribution in [2.75, 3.05) is 37.9 Å². The van der Waals surface area contributed by atoms with Crippen molar-refractivity contribution < 1.29 is 14.3 Å². The number of thiophene rings is 1. The number of carbonyl (C=O) groups is 1. The number of nitrogen functional groups attached to an aromatic ring is 1. The minimum atomic E-state index is -0.374. The third-order valence-corrected chi connectivity index (χ3v) is 4.10. The largest absolute Gasteiger partial charge is 0.465 e. The molecule has 1 atom stereocenters. The third kappa shape index (κ3) is 2.37. The van der Waals surface area contributed by atoms with E-state index in [1.807, 2.05) is 6.07 Å². The number of hydrogen-bond acceptors (Lipinski definition) is 6. The maximum Gasteiger partial charge on any atom is 0.350 e. The minimum Gasteiger partial charge on any atom is -0.465 e. The van der Waals surface area contributed by atoms with Crippen LogP contribution in [0, 0.1) is 0 Å². The lowest BCUT2D eigenvalue weighted by Gasteiger charge is -2.15. The lowest BCUT2D eigenvalue weighted by atomic mass is 10.3. The summed E-state index contributed by atoms with van der Waals surface area (Å²) in [5.74, 6) is -0.374. The Balaban J connectivity index is 2.15. The second-order valence-corrected chi connectivity index (χ2v) is 4.98. The van der Waals surface area contributed by atoms with Crippen molar-refractivity contribution in [3.63, 3.8) is 0 Å². The van der Waals surface area contributed by atoms with E-state index in [9.17, 15) is 4.79 Å². The highest BCUT2D eigenvalue weighted by Crippen LogP contribution is 2.34. The molecule has 0 amide bonds. The Morgan fingerprint density at radius 1 is 1.59 bits per heavy atom. The molecule has 0 spiro atoms. The maximum atomic E-state index is 11.4. The fourth-order valence-corrected chi connectivity index (χ4v) is 2.95. The molecule has 17 heavy (non-hydrogen) atoms. The molecule has 1 unspecified atom stereocenters. The fraction of sp³-hybridized carbons (Fsp3) is 0.545. The predicted octanol–water partition coefficient (Wildman–Crippen LogP) is 1.34. The van der Waals surface area contributed by atoms with Crippen LogP contribution in [0.3, 0.4) is 0 Å². The summed E-state index contributed by atoms with van der Waals surface area (Å²) >= 11 is 1.37. The molecule has 0 radical (unpaired) electrons. The molecule has 0 bridgehead atoms. The average Bonchev–Trinajstić information content (AvgIpc) is 2.94. The molecule has 2 rings (SSSR count). The zero-order chi connectivity index (χ0) is 12.4. The van der Waals surface area contributed by atoms with Crippen LogP contribution in [0.15, 0.2) is 6.07 Å². The molecule has 1 aliphatic heterocycles. The van der Waals surface area contributed by atoms with E-state index >= 15 is 0 Å². The second-order valence-electron chi connectivity index (χ2n) is 3.95. The van der Waals surface area contributed by atoms with Gasteiger partial charge in [0.2, 0.25) is 0 Å². The summed E-state index contributed by atoms with van der Waals surface area (Å²) in [7, 11) is 3.08. The van der Waals surface area contributed by atoms with Crippen molar-refractivity contribution in [2.24, 2.45) is 0 Å². The van der Waals surface area contributed by atoms with Gasteiger partial charge in [0.1, 0.15) is 4.88 Å². The predicted molar refractivity (Wildman–Crippen MR) is 67.7 cm³/mol. The molecule has 5 nitrogen and oxygen atoms in total. The van der Waals surface area contributed by atoms with E-state index in [-0.39, 0.29) is 12.1 Å². The van der Waals surface area contributed by atoms with Crippen LogP contribution in [0.1, 0.15) is 16.1 Å². The highest BCUT2D eigenvalue weighted by atomic mass is 32.1. The van der Waals surface area contributed by atoms with Gasteiger partial charge in [0.15, 0.2) is 0 Å². The molecule has 6 heteroatoms. The highest BCUT2D eigenvalue weighted by molar-refractivity contribution is 7.18. The highest BCUT2D eigenvalue weighted by Gasteiger charge is 2.25. The van der Waals surface area contributed by atoms with Crippen molar-refractivity contribution in [1.29, 1.82) is 0 Å². The lowest BCUT2D eigenvalue weighted by molar-refractivity contribution is 0.0607. The molecule has 1 aromatic heterocycles. The van der Waals surface area contributed by atoms with E-state index in [1.54, 1.807) is 7.11 Å². The van der Waals surface area contributed by atoms with Crippen LogP contribution in [0.2, 0.25) is 0 Å². The third-order valence-electron chi connectivity index (χ3n) is 2.91. The number of anilines is 2. The summed E-state index contributed by atoms with van der Waals surface area (Å²) in [4.78, 5) is 14.1. The molecule has 1 aromatic rings. The monoisotopic (exact) mass is 256 g/mol. The molecular formula is C11H16N2O3S. The number of rotatable bonds is 3. The summed E-state index contributed by atoms with van der Waals surface area (Å²) in [6.45, 7) is 1.77. The molecule has 0 aliphatic carbocycles. The first-order valence-electron chi connectivity index (χ1n) is 5.41. The van der Waals surface area contributed by atoms with Gasteiger partial charge in [0.05, 0.1) is 23.9 Å². The van der Waals surface area contributed by atoms with Crippen LogP contribution in [0.4, 0.5) is 10.7 Å². The minimum absolute atomic E-state index is 0.264. The van der Waals surface area contributed by atoms with E-state index < -0.39 is 0 Å². The van der Waals surface area contributed by atoms with Crippen LogP contribution in [-0.2, 0) is 9.47 Å². The Kier molecular flexibility index (Phi) is 3.54. The number of nitrogens with two attached hydrogens (primary N) is 1. The molecule has 1 fully saturated rings. The quantitative estimate of drug-likeness (QED) is 0.827. The van der Waals surface area contributed by atoms with Crippen molar-refractivity contribution in [3.8, 4) is 0 Å². The first-order chi connectivity index (χ1) is 8.15. The van der Waals surface area contributed by atoms with Gasteiger partial charge in [-0.25, -0.2) is 4.79 Å². The van der Waals surface area contributed by atoms with E-state index in [4.69, 9.17) is 10.5 Å². The van der Waals surface area contributed by atoms with Crippen LogP contribution in [0.25, 0.3) is 0 Å². The number of carbonyl (C=O) groups excluding carboxylic acids is 1. The number of methoxy groups -OCH3 is 2. The molecule has 1 aliphatic rings. The SMILES string of the molecule is COC(=O)c1sc(N2CCC(OC)C2)cc1N. The first kappa shape index (κ1) is 12.2. The van der Waals surface area contributed by atoms with Crippen molar-refractivity contribution in [2.45, 2.75) is 12.5 Å². The fourth-order valence-electron chi connectivity index (χ4n) is 1.92. The Morgan fingerprint density at radius 3 is 2.94 bits per heavy atom. The normalized spacial score (nSPS) is 19.6. The van der Waals surface area contributed by atoms with E-state index in [0.29, 0.717) is 10.6 Å². The van der Waals surface area contributed by atoms with Gasteiger partial charge in [-0.3, -0.25) is 0 Å². The van der Waals surface area contributed by atoms with Gasteiger partial charge in [-0.05, 0) is 12.5 Å². The van der Waals surface area contributed by atoms with Crippen LogP contribution in [-0.4, -0.2) is 39.4 Å².